The number of hydrogen-bond donors (Lipinski definition) is 1. The predicted octanol–water partition coefficient (Wildman–Crippen LogP) is 2.94. The van der Waals surface area contributed by atoms with Crippen LogP contribution in [-0.4, -0.2) is 18.0 Å². The monoisotopic (exact) mass is 288 g/mol. The van der Waals surface area contributed by atoms with Gasteiger partial charge in [0.15, 0.2) is 10.1 Å². The van der Waals surface area contributed by atoms with Gasteiger partial charge in [0.2, 0.25) is 0 Å². The van der Waals surface area contributed by atoms with E-state index in [1.54, 1.807) is 12.5 Å². The molecular weight excluding hydrogens is 280 g/mol. The molecule has 2 N–H and O–H groups in total. The number of carbonyl (C=O) groups is 1. The van der Waals surface area contributed by atoms with Gasteiger partial charge in [0, 0.05) is 10.9 Å². The molecule has 0 aliphatic carbocycles. The van der Waals surface area contributed by atoms with Crippen LogP contribution in [0.1, 0.15) is 15.4 Å². The summed E-state index contributed by atoms with van der Waals surface area (Å²) in [6.07, 6.45) is 0. The zero-order valence-electron chi connectivity index (χ0n) is 9.11. The molecule has 4 nitrogen and oxygen atoms in total. The van der Waals surface area contributed by atoms with Gasteiger partial charge in [-0.25, -0.2) is 4.98 Å². The zero-order chi connectivity index (χ0) is 12.6. The van der Waals surface area contributed by atoms with Gasteiger partial charge >= 0.3 is 0 Å². The summed E-state index contributed by atoms with van der Waals surface area (Å²) in [7, 11) is 1.59. The molecule has 0 spiro atoms. The van der Waals surface area contributed by atoms with Crippen molar-refractivity contribution in [3.05, 3.63) is 21.0 Å². The van der Waals surface area contributed by atoms with Crippen LogP contribution in [0, 0.1) is 6.92 Å². The van der Waals surface area contributed by atoms with E-state index in [0.717, 1.165) is 15.5 Å². The maximum Gasteiger partial charge on any atom is 0.277 e. The molecule has 0 aromatic carbocycles. The van der Waals surface area contributed by atoms with Gasteiger partial charge in [-0.1, -0.05) is 22.9 Å². The van der Waals surface area contributed by atoms with Crippen LogP contribution in [0.3, 0.4) is 0 Å². The van der Waals surface area contributed by atoms with E-state index in [9.17, 15) is 4.79 Å². The first kappa shape index (κ1) is 12.3. The Labute approximate surface area is 111 Å². The number of ether oxygens (including phenoxy) is 1. The highest BCUT2D eigenvalue weighted by Gasteiger charge is 2.18. The minimum atomic E-state index is -0.530. The Hall–Kier alpha value is -1.11. The van der Waals surface area contributed by atoms with Gasteiger partial charge in [-0.2, -0.15) is 0 Å². The van der Waals surface area contributed by atoms with Crippen LogP contribution >= 0.6 is 34.3 Å². The fourth-order valence-corrected chi connectivity index (χ4v) is 3.39. The van der Waals surface area contributed by atoms with E-state index in [1.165, 1.54) is 22.7 Å². The van der Waals surface area contributed by atoms with E-state index in [-0.39, 0.29) is 5.01 Å². The first-order chi connectivity index (χ1) is 8.04. The third-order valence-electron chi connectivity index (χ3n) is 2.16. The largest absolute Gasteiger partial charge is 0.487 e. The minimum Gasteiger partial charge on any atom is -0.487 e. The molecule has 2 aromatic rings. The normalized spacial score (nSPS) is 10.5. The third kappa shape index (κ3) is 2.15. The number of hydrogen-bond acceptors (Lipinski definition) is 5. The molecule has 0 aliphatic rings. The lowest BCUT2D eigenvalue weighted by Crippen LogP contribution is -2.09. The van der Waals surface area contributed by atoms with Crippen LogP contribution in [0.5, 0.6) is 5.06 Å². The van der Waals surface area contributed by atoms with Crippen molar-refractivity contribution in [3.8, 4) is 15.6 Å². The molecule has 0 aliphatic heterocycles. The molecule has 0 radical (unpaired) electrons. The van der Waals surface area contributed by atoms with Crippen molar-refractivity contribution in [3.63, 3.8) is 0 Å². The minimum absolute atomic E-state index is 0.279. The summed E-state index contributed by atoms with van der Waals surface area (Å²) in [5.41, 5.74) is 6.69. The number of nitrogens with two attached hydrogens (primary N) is 1. The smallest absolute Gasteiger partial charge is 0.277 e. The molecule has 17 heavy (non-hydrogen) atoms. The van der Waals surface area contributed by atoms with Gasteiger partial charge in [0.05, 0.1) is 22.7 Å². The van der Waals surface area contributed by atoms with Crippen molar-refractivity contribution in [1.29, 1.82) is 0 Å². The Balaban J connectivity index is 2.49. The summed E-state index contributed by atoms with van der Waals surface area (Å²) in [6, 6.07) is 0. The maximum atomic E-state index is 11.0. The Bertz CT molecular complexity index is 577. The number of carbonyl (C=O) groups excluding carboxylic acids is 1. The number of aromatic nitrogens is 1. The number of primary amides is 1. The predicted molar refractivity (Wildman–Crippen MR) is 70.2 cm³/mol. The number of thiazole rings is 1. The zero-order valence-corrected chi connectivity index (χ0v) is 11.5. The second kappa shape index (κ2) is 4.64. The molecule has 0 bridgehead atoms. The second-order valence-electron chi connectivity index (χ2n) is 3.26. The standard InChI is InChI=1S/C10H9ClN2O2S2/c1-4-6(11)7(17-10(4)15-2)5-3-16-9(13-5)8(12)14/h3H,1-2H3,(H2,12,14). The molecule has 0 unspecified atom stereocenters. The highest BCUT2D eigenvalue weighted by atomic mass is 35.5. The van der Waals surface area contributed by atoms with Gasteiger partial charge in [-0.05, 0) is 6.92 Å². The van der Waals surface area contributed by atoms with E-state index >= 15 is 0 Å². The van der Waals surface area contributed by atoms with Gasteiger partial charge < -0.3 is 10.5 Å². The lowest BCUT2D eigenvalue weighted by Gasteiger charge is -1.93. The molecule has 0 saturated carbocycles. The third-order valence-corrected chi connectivity index (χ3v) is 4.88. The average molecular weight is 289 g/mol. The first-order valence-corrected chi connectivity index (χ1v) is 6.70. The fraction of sp³-hybridized carbons (Fsp3) is 0.200. The van der Waals surface area contributed by atoms with Gasteiger partial charge in [0.25, 0.3) is 5.91 Å². The van der Waals surface area contributed by atoms with Crippen molar-refractivity contribution >= 4 is 40.2 Å². The van der Waals surface area contributed by atoms with E-state index in [4.69, 9.17) is 22.1 Å². The van der Waals surface area contributed by atoms with Crippen molar-refractivity contribution in [2.45, 2.75) is 6.92 Å². The lowest BCUT2D eigenvalue weighted by molar-refractivity contribution is 0.1000. The molecule has 1 amide bonds. The summed E-state index contributed by atoms with van der Waals surface area (Å²) in [5.74, 6) is -0.530. The lowest BCUT2D eigenvalue weighted by atomic mass is 10.3. The van der Waals surface area contributed by atoms with Crippen LogP contribution in [0.4, 0.5) is 0 Å². The van der Waals surface area contributed by atoms with Crippen molar-refractivity contribution in [2.24, 2.45) is 5.73 Å². The maximum absolute atomic E-state index is 11.0. The van der Waals surface area contributed by atoms with E-state index in [1.807, 2.05) is 6.92 Å². The van der Waals surface area contributed by atoms with Crippen LogP contribution in [-0.2, 0) is 0 Å². The summed E-state index contributed by atoms with van der Waals surface area (Å²) in [6.45, 7) is 1.88. The van der Waals surface area contributed by atoms with Crippen molar-refractivity contribution in [1.82, 2.24) is 4.98 Å². The van der Waals surface area contributed by atoms with Crippen LogP contribution in [0.2, 0.25) is 5.02 Å². The Kier molecular flexibility index (Phi) is 3.37. The molecular formula is C10H9ClN2O2S2. The van der Waals surface area contributed by atoms with Crippen LogP contribution < -0.4 is 10.5 Å². The highest BCUT2D eigenvalue weighted by molar-refractivity contribution is 7.18. The fourth-order valence-electron chi connectivity index (χ4n) is 1.32. The summed E-state index contributed by atoms with van der Waals surface area (Å²) >= 11 is 8.80. The molecule has 0 saturated heterocycles. The van der Waals surface area contributed by atoms with Crippen molar-refractivity contribution in [2.75, 3.05) is 7.11 Å². The Morgan fingerprint density at radius 1 is 1.59 bits per heavy atom. The Morgan fingerprint density at radius 2 is 2.29 bits per heavy atom. The average Bonchev–Trinajstić information content (AvgIpc) is 2.87. The van der Waals surface area contributed by atoms with Crippen molar-refractivity contribution < 1.29 is 9.53 Å². The second-order valence-corrected chi connectivity index (χ2v) is 5.48. The molecule has 0 atom stereocenters. The summed E-state index contributed by atoms with van der Waals surface area (Å²) in [4.78, 5) is 15.9. The SMILES string of the molecule is COc1sc(-c2csc(C(N)=O)n2)c(Cl)c1C. The van der Waals surface area contributed by atoms with Crippen LogP contribution in [0.25, 0.3) is 10.6 Å². The molecule has 7 heteroatoms. The molecule has 2 aromatic heterocycles. The van der Waals surface area contributed by atoms with Gasteiger partial charge in [0.1, 0.15) is 0 Å². The number of rotatable bonds is 3. The summed E-state index contributed by atoms with van der Waals surface area (Å²) < 4.78 is 5.20. The molecule has 2 heterocycles. The van der Waals surface area contributed by atoms with E-state index in [2.05, 4.69) is 4.98 Å². The number of nitrogens with zero attached hydrogens (tertiary/aromatic N) is 1. The van der Waals surface area contributed by atoms with Gasteiger partial charge in [-0.3, -0.25) is 4.79 Å². The van der Waals surface area contributed by atoms with Gasteiger partial charge in [-0.15, -0.1) is 11.3 Å². The summed E-state index contributed by atoms with van der Waals surface area (Å²) in [5, 5.41) is 3.39. The Morgan fingerprint density at radius 3 is 2.76 bits per heavy atom. The quantitative estimate of drug-likeness (QED) is 0.944. The molecule has 2 rings (SSSR count). The molecule has 0 fully saturated rings. The topological polar surface area (TPSA) is 65.2 Å². The number of amides is 1. The number of halogens is 1. The van der Waals surface area contributed by atoms with E-state index in [0.29, 0.717) is 10.7 Å². The first-order valence-electron chi connectivity index (χ1n) is 4.63. The highest BCUT2D eigenvalue weighted by Crippen LogP contribution is 2.44. The van der Waals surface area contributed by atoms with E-state index < -0.39 is 5.91 Å². The number of thiophene rings is 1. The number of methoxy groups -OCH3 is 1. The van der Waals surface area contributed by atoms with Crippen LogP contribution in [0.15, 0.2) is 5.38 Å². The molecule has 90 valence electrons.